The molecule has 1 fully saturated rings. The third-order valence-corrected chi connectivity index (χ3v) is 3.89. The van der Waals surface area contributed by atoms with Gasteiger partial charge >= 0.3 is 12.0 Å². The quantitative estimate of drug-likeness (QED) is 0.664. The topological polar surface area (TPSA) is 75.7 Å². The number of carbonyl (C=O) groups excluding carboxylic acids is 3. The predicted octanol–water partition coefficient (Wildman–Crippen LogP) is 2.06. The van der Waals surface area contributed by atoms with Crippen LogP contribution in [-0.4, -0.2) is 36.0 Å². The van der Waals surface area contributed by atoms with Gasteiger partial charge in [0, 0.05) is 5.02 Å². The number of nitrogens with zero attached hydrogens (tertiary/aromatic N) is 1. The molecule has 7 heteroatoms. The van der Waals surface area contributed by atoms with E-state index in [9.17, 15) is 14.4 Å². The molecule has 22 heavy (non-hydrogen) atoms. The molecule has 0 unspecified atom stereocenters. The summed E-state index contributed by atoms with van der Waals surface area (Å²) in [5, 5.41) is 3.22. The number of amides is 3. The molecule has 1 N–H and O–H groups in total. The Hall–Kier alpha value is -2.08. The molecule has 1 heterocycles. The molecule has 0 radical (unpaired) electrons. The number of esters is 1. The second-order valence-electron chi connectivity index (χ2n) is 4.89. The number of rotatable bonds is 5. The van der Waals surface area contributed by atoms with Gasteiger partial charge in [-0.3, -0.25) is 14.5 Å². The highest BCUT2D eigenvalue weighted by atomic mass is 35.5. The largest absolute Gasteiger partial charge is 0.465 e. The molecule has 1 aromatic rings. The summed E-state index contributed by atoms with van der Waals surface area (Å²) in [5.41, 5.74) is -0.544. The first-order valence-electron chi connectivity index (χ1n) is 7.00. The van der Waals surface area contributed by atoms with Gasteiger partial charge in [-0.2, -0.15) is 0 Å². The van der Waals surface area contributed by atoms with Gasteiger partial charge in [0.1, 0.15) is 12.1 Å². The fourth-order valence-corrected chi connectivity index (χ4v) is 2.61. The highest BCUT2D eigenvalue weighted by Crippen LogP contribution is 2.32. The van der Waals surface area contributed by atoms with Crippen LogP contribution in [0.1, 0.15) is 25.8 Å². The molecule has 1 aromatic carbocycles. The van der Waals surface area contributed by atoms with E-state index in [1.54, 1.807) is 38.1 Å². The van der Waals surface area contributed by atoms with Crippen LogP contribution in [0.2, 0.25) is 5.02 Å². The average molecular weight is 325 g/mol. The lowest BCUT2D eigenvalue weighted by atomic mass is 9.87. The minimum absolute atomic E-state index is 0.193. The molecule has 1 aliphatic rings. The van der Waals surface area contributed by atoms with Crippen molar-refractivity contribution in [1.29, 1.82) is 0 Å². The van der Waals surface area contributed by atoms with Crippen LogP contribution in [0.3, 0.4) is 0 Å². The summed E-state index contributed by atoms with van der Waals surface area (Å²) in [6.07, 6.45) is 0.360. The van der Waals surface area contributed by atoms with E-state index in [0.717, 1.165) is 4.90 Å². The van der Waals surface area contributed by atoms with Gasteiger partial charge < -0.3 is 10.1 Å². The Morgan fingerprint density at radius 3 is 2.45 bits per heavy atom. The number of nitrogens with one attached hydrogen (secondary N) is 1. The first kappa shape index (κ1) is 16.3. The number of halogens is 1. The second kappa shape index (κ2) is 6.36. The Morgan fingerprint density at radius 2 is 1.91 bits per heavy atom. The maximum Gasteiger partial charge on any atom is 0.326 e. The van der Waals surface area contributed by atoms with E-state index < -0.39 is 30.0 Å². The summed E-state index contributed by atoms with van der Waals surface area (Å²) in [4.78, 5) is 37.2. The molecule has 0 aliphatic carbocycles. The van der Waals surface area contributed by atoms with Crippen molar-refractivity contribution in [3.05, 3.63) is 34.9 Å². The van der Waals surface area contributed by atoms with Crippen LogP contribution in [0, 0.1) is 0 Å². The summed E-state index contributed by atoms with van der Waals surface area (Å²) >= 11 is 5.86. The van der Waals surface area contributed by atoms with E-state index in [1.165, 1.54) is 0 Å². The zero-order valence-electron chi connectivity index (χ0n) is 12.4. The van der Waals surface area contributed by atoms with Crippen molar-refractivity contribution in [3.63, 3.8) is 0 Å². The van der Waals surface area contributed by atoms with Gasteiger partial charge in [0.2, 0.25) is 0 Å². The highest BCUT2D eigenvalue weighted by Gasteiger charge is 2.51. The average Bonchev–Trinajstić information content (AvgIpc) is 2.73. The summed E-state index contributed by atoms with van der Waals surface area (Å²) < 4.78 is 4.79. The van der Waals surface area contributed by atoms with Crippen LogP contribution >= 0.6 is 11.6 Å². The van der Waals surface area contributed by atoms with Gasteiger partial charge in [0.05, 0.1) is 6.61 Å². The molecule has 6 nitrogen and oxygen atoms in total. The molecule has 1 atom stereocenters. The Labute approximate surface area is 133 Å². The van der Waals surface area contributed by atoms with Gasteiger partial charge in [-0.1, -0.05) is 30.7 Å². The summed E-state index contributed by atoms with van der Waals surface area (Å²) in [6.45, 7) is 3.25. The van der Waals surface area contributed by atoms with Crippen molar-refractivity contribution in [2.45, 2.75) is 25.8 Å². The molecule has 0 spiro atoms. The van der Waals surface area contributed by atoms with Gasteiger partial charge in [-0.25, -0.2) is 4.79 Å². The molecular weight excluding hydrogens is 308 g/mol. The highest BCUT2D eigenvalue weighted by molar-refractivity contribution is 6.30. The molecule has 0 bridgehead atoms. The van der Waals surface area contributed by atoms with E-state index in [0.29, 0.717) is 17.0 Å². The Balaban J connectivity index is 2.31. The van der Waals surface area contributed by atoms with Crippen molar-refractivity contribution in [2.75, 3.05) is 13.2 Å². The van der Waals surface area contributed by atoms with Crippen LogP contribution in [0.25, 0.3) is 0 Å². The van der Waals surface area contributed by atoms with Gasteiger partial charge in [-0.05, 0) is 31.0 Å². The van der Waals surface area contributed by atoms with Gasteiger partial charge in [0.15, 0.2) is 0 Å². The lowest BCUT2D eigenvalue weighted by Crippen LogP contribution is -2.44. The summed E-state index contributed by atoms with van der Waals surface area (Å²) in [7, 11) is 0. The van der Waals surface area contributed by atoms with E-state index in [1.807, 2.05) is 0 Å². The SMILES string of the molecule is CCOC(=O)CN1C(=O)N[C@](CC)(c2ccc(Cl)cc2)C1=O. The van der Waals surface area contributed by atoms with Crippen LogP contribution in [0.5, 0.6) is 0 Å². The monoisotopic (exact) mass is 324 g/mol. The lowest BCUT2D eigenvalue weighted by molar-refractivity contribution is -0.147. The minimum Gasteiger partial charge on any atom is -0.465 e. The Bertz CT molecular complexity index is 602. The fourth-order valence-electron chi connectivity index (χ4n) is 2.48. The number of imide groups is 1. The van der Waals surface area contributed by atoms with Gasteiger partial charge in [-0.15, -0.1) is 0 Å². The third-order valence-electron chi connectivity index (χ3n) is 3.64. The van der Waals surface area contributed by atoms with E-state index >= 15 is 0 Å². The molecule has 2 rings (SSSR count). The van der Waals surface area contributed by atoms with E-state index in [-0.39, 0.29) is 6.61 Å². The van der Waals surface area contributed by atoms with Crippen molar-refractivity contribution >= 4 is 29.5 Å². The predicted molar refractivity (Wildman–Crippen MR) is 80.3 cm³/mol. The number of hydrogen-bond donors (Lipinski definition) is 1. The standard InChI is InChI=1S/C15H17ClN2O4/c1-3-15(10-5-7-11(16)8-6-10)13(20)18(14(21)17-15)9-12(19)22-4-2/h5-8H,3-4,9H2,1-2H3,(H,17,21)/t15-/m1/s1. The normalized spacial score (nSPS) is 21.0. The minimum atomic E-state index is -1.17. The molecular formula is C15H17ClN2O4. The maximum absolute atomic E-state index is 12.7. The summed E-state index contributed by atoms with van der Waals surface area (Å²) in [5.74, 6) is -1.08. The number of benzene rings is 1. The zero-order valence-corrected chi connectivity index (χ0v) is 13.1. The van der Waals surface area contributed by atoms with E-state index in [4.69, 9.17) is 16.3 Å². The fraction of sp³-hybridized carbons (Fsp3) is 0.400. The van der Waals surface area contributed by atoms with Crippen molar-refractivity contribution in [1.82, 2.24) is 10.2 Å². The first-order valence-corrected chi connectivity index (χ1v) is 7.38. The molecule has 1 aliphatic heterocycles. The van der Waals surface area contributed by atoms with Crippen LogP contribution < -0.4 is 5.32 Å². The Morgan fingerprint density at radius 1 is 1.27 bits per heavy atom. The van der Waals surface area contributed by atoms with Crippen molar-refractivity contribution in [2.24, 2.45) is 0 Å². The van der Waals surface area contributed by atoms with Gasteiger partial charge in [0.25, 0.3) is 5.91 Å². The van der Waals surface area contributed by atoms with E-state index in [2.05, 4.69) is 5.32 Å². The molecule has 1 saturated heterocycles. The molecule has 0 saturated carbocycles. The third kappa shape index (κ3) is 2.78. The van der Waals surface area contributed by atoms with Crippen LogP contribution in [0.15, 0.2) is 24.3 Å². The first-order chi connectivity index (χ1) is 10.4. The number of hydrogen-bond acceptors (Lipinski definition) is 4. The second-order valence-corrected chi connectivity index (χ2v) is 5.33. The molecule has 118 valence electrons. The molecule has 3 amide bonds. The Kier molecular flexibility index (Phi) is 4.71. The number of ether oxygens (including phenoxy) is 1. The molecule has 0 aromatic heterocycles. The summed E-state index contributed by atoms with van der Waals surface area (Å²) in [6, 6.07) is 6.09. The number of carbonyl (C=O) groups is 3. The zero-order chi connectivity index (χ0) is 16.3. The van der Waals surface area contributed by atoms with Crippen LogP contribution in [0.4, 0.5) is 4.79 Å². The number of urea groups is 1. The lowest BCUT2D eigenvalue weighted by Gasteiger charge is -2.25. The van der Waals surface area contributed by atoms with Crippen LogP contribution in [-0.2, 0) is 19.9 Å². The van der Waals surface area contributed by atoms with Crippen molar-refractivity contribution < 1.29 is 19.1 Å². The van der Waals surface area contributed by atoms with Crippen molar-refractivity contribution in [3.8, 4) is 0 Å². The smallest absolute Gasteiger partial charge is 0.326 e. The maximum atomic E-state index is 12.7.